The summed E-state index contributed by atoms with van der Waals surface area (Å²) < 4.78 is 50.2. The van der Waals surface area contributed by atoms with Crippen molar-refractivity contribution in [1.29, 1.82) is 0 Å². The Balaban J connectivity index is 2.15. The number of ether oxygens (including phenoxy) is 1. The third-order valence-electron chi connectivity index (χ3n) is 3.86. The predicted octanol–water partition coefficient (Wildman–Crippen LogP) is 5.43. The van der Waals surface area contributed by atoms with Gasteiger partial charge in [0.1, 0.15) is 17.1 Å². The van der Waals surface area contributed by atoms with E-state index >= 15 is 0 Å². The molecule has 3 aromatic rings. The van der Waals surface area contributed by atoms with Crippen molar-refractivity contribution in [2.75, 3.05) is 0 Å². The second-order valence-electron chi connectivity index (χ2n) is 6.09. The Morgan fingerprint density at radius 1 is 1.08 bits per heavy atom. The quantitative estimate of drug-likeness (QED) is 0.673. The second-order valence-corrected chi connectivity index (χ2v) is 6.09. The maximum absolute atomic E-state index is 13.4. The number of hydrogen-bond donors (Lipinski definition) is 1. The molecule has 1 N–H and O–H groups in total. The summed E-state index contributed by atoms with van der Waals surface area (Å²) in [6, 6.07) is 9.75. The van der Waals surface area contributed by atoms with E-state index in [0.29, 0.717) is 0 Å². The fourth-order valence-corrected chi connectivity index (χ4v) is 2.48. The number of phenolic OH excluding ortho intramolecular Hbond substituents is 1. The van der Waals surface area contributed by atoms with Crippen LogP contribution in [-0.4, -0.2) is 5.11 Å². The second kappa shape index (κ2) is 6.40. The molecule has 0 spiro atoms. The van der Waals surface area contributed by atoms with Gasteiger partial charge in [-0.1, -0.05) is 26.0 Å². The number of aromatic hydroxyl groups is 1. The average Bonchev–Trinajstić information content (AvgIpc) is 2.56. The highest BCUT2D eigenvalue weighted by Crippen LogP contribution is 2.38. The van der Waals surface area contributed by atoms with Crippen LogP contribution in [0.5, 0.6) is 17.2 Å². The van der Waals surface area contributed by atoms with Gasteiger partial charge in [0, 0.05) is 6.07 Å². The van der Waals surface area contributed by atoms with Crippen molar-refractivity contribution in [2.24, 2.45) is 0 Å². The summed E-state index contributed by atoms with van der Waals surface area (Å²) in [5, 5.41) is 9.29. The Morgan fingerprint density at radius 3 is 2.31 bits per heavy atom. The number of hydrogen-bond acceptors (Lipinski definition) is 4. The lowest BCUT2D eigenvalue weighted by atomic mass is 10.0. The first-order valence-corrected chi connectivity index (χ1v) is 7.81. The van der Waals surface area contributed by atoms with Crippen molar-refractivity contribution in [3.8, 4) is 17.2 Å². The first kappa shape index (κ1) is 17.8. The molecule has 0 aliphatic rings. The van der Waals surface area contributed by atoms with E-state index in [9.17, 15) is 23.1 Å². The number of rotatable bonds is 3. The van der Waals surface area contributed by atoms with E-state index in [4.69, 9.17) is 9.15 Å². The maximum Gasteiger partial charge on any atom is 0.453 e. The van der Waals surface area contributed by atoms with Crippen LogP contribution in [0.1, 0.15) is 31.1 Å². The molecule has 0 unspecified atom stereocenters. The van der Waals surface area contributed by atoms with Crippen LogP contribution in [0.3, 0.4) is 0 Å². The lowest BCUT2D eigenvalue weighted by Gasteiger charge is -2.14. The summed E-state index contributed by atoms with van der Waals surface area (Å²) in [7, 11) is 0. The minimum absolute atomic E-state index is 0.0883. The molecule has 0 aliphatic carbocycles. The van der Waals surface area contributed by atoms with Crippen LogP contribution in [0.15, 0.2) is 51.7 Å². The Morgan fingerprint density at radius 2 is 1.73 bits per heavy atom. The third kappa shape index (κ3) is 3.37. The highest BCUT2D eigenvalue weighted by Gasteiger charge is 2.40. The zero-order chi connectivity index (χ0) is 19.1. The largest absolute Gasteiger partial charge is 0.508 e. The molecular formula is C19H15F3O4. The van der Waals surface area contributed by atoms with Gasteiger partial charge < -0.3 is 14.3 Å². The lowest BCUT2D eigenvalue weighted by molar-refractivity contribution is -0.154. The molecular weight excluding hydrogens is 349 g/mol. The molecule has 0 amide bonds. The van der Waals surface area contributed by atoms with Gasteiger partial charge in [-0.3, -0.25) is 4.79 Å². The minimum Gasteiger partial charge on any atom is -0.508 e. The van der Waals surface area contributed by atoms with Crippen molar-refractivity contribution < 1.29 is 27.4 Å². The number of halogens is 3. The minimum atomic E-state index is -4.94. The van der Waals surface area contributed by atoms with E-state index in [0.717, 1.165) is 11.6 Å². The summed E-state index contributed by atoms with van der Waals surface area (Å²) in [6.45, 7) is 3.95. The van der Waals surface area contributed by atoms with Crippen molar-refractivity contribution in [3.63, 3.8) is 0 Å². The van der Waals surface area contributed by atoms with Crippen molar-refractivity contribution in [2.45, 2.75) is 25.9 Å². The van der Waals surface area contributed by atoms with Crippen LogP contribution >= 0.6 is 0 Å². The Kier molecular flexibility index (Phi) is 4.39. The molecule has 136 valence electrons. The van der Waals surface area contributed by atoms with E-state index in [1.807, 2.05) is 13.8 Å². The van der Waals surface area contributed by atoms with Crippen molar-refractivity contribution in [3.05, 3.63) is 64.0 Å². The first-order valence-electron chi connectivity index (χ1n) is 7.81. The van der Waals surface area contributed by atoms with Gasteiger partial charge in [0.25, 0.3) is 5.76 Å². The van der Waals surface area contributed by atoms with Gasteiger partial charge in [0.2, 0.25) is 11.2 Å². The summed E-state index contributed by atoms with van der Waals surface area (Å²) in [6.07, 6.45) is -4.94. The molecule has 0 atom stereocenters. The predicted molar refractivity (Wildman–Crippen MR) is 89.8 cm³/mol. The molecule has 0 saturated heterocycles. The molecule has 1 aromatic heterocycles. The van der Waals surface area contributed by atoms with Crippen molar-refractivity contribution in [1.82, 2.24) is 0 Å². The molecule has 2 aromatic carbocycles. The summed E-state index contributed by atoms with van der Waals surface area (Å²) in [5.41, 5.74) is -0.356. The fourth-order valence-electron chi connectivity index (χ4n) is 2.48. The zero-order valence-electron chi connectivity index (χ0n) is 13.9. The van der Waals surface area contributed by atoms with E-state index in [-0.39, 0.29) is 28.4 Å². The molecule has 3 rings (SSSR count). The molecule has 0 saturated carbocycles. The molecule has 1 heterocycles. The van der Waals surface area contributed by atoms with Crippen LogP contribution in [0.25, 0.3) is 11.0 Å². The highest BCUT2D eigenvalue weighted by atomic mass is 19.4. The molecule has 0 radical (unpaired) electrons. The Labute approximate surface area is 146 Å². The zero-order valence-corrected chi connectivity index (χ0v) is 13.9. The maximum atomic E-state index is 13.4. The van der Waals surface area contributed by atoms with Crippen molar-refractivity contribution >= 4 is 11.0 Å². The van der Waals surface area contributed by atoms with Gasteiger partial charge in [0.15, 0.2) is 0 Å². The van der Waals surface area contributed by atoms with E-state index < -0.39 is 23.1 Å². The van der Waals surface area contributed by atoms with Gasteiger partial charge in [-0.2, -0.15) is 13.2 Å². The molecule has 26 heavy (non-hydrogen) atoms. The van der Waals surface area contributed by atoms with Gasteiger partial charge in [0.05, 0.1) is 5.39 Å². The Hall–Kier alpha value is -2.96. The number of benzene rings is 2. The van der Waals surface area contributed by atoms with Crippen LogP contribution in [-0.2, 0) is 6.18 Å². The lowest BCUT2D eigenvalue weighted by Crippen LogP contribution is -2.15. The molecule has 4 nitrogen and oxygen atoms in total. The van der Waals surface area contributed by atoms with Gasteiger partial charge in [-0.25, -0.2) is 0 Å². The van der Waals surface area contributed by atoms with Gasteiger partial charge in [-0.15, -0.1) is 0 Å². The monoisotopic (exact) mass is 364 g/mol. The summed E-state index contributed by atoms with van der Waals surface area (Å²) in [4.78, 5) is 12.5. The van der Waals surface area contributed by atoms with Crippen LogP contribution in [0.2, 0.25) is 0 Å². The molecule has 0 fully saturated rings. The topological polar surface area (TPSA) is 59.7 Å². The summed E-state index contributed by atoms with van der Waals surface area (Å²) in [5.74, 6) is -2.47. The molecule has 0 aliphatic heterocycles. The normalized spacial score (nSPS) is 11.9. The van der Waals surface area contributed by atoms with Crippen LogP contribution in [0, 0.1) is 0 Å². The average molecular weight is 364 g/mol. The van der Waals surface area contributed by atoms with E-state index in [1.165, 1.54) is 24.3 Å². The van der Waals surface area contributed by atoms with E-state index in [1.54, 1.807) is 12.1 Å². The van der Waals surface area contributed by atoms with Crippen LogP contribution in [0.4, 0.5) is 13.2 Å². The SMILES string of the molecule is CC(C)c1ccc(Oc2c(C(F)(F)F)oc3cc(O)ccc3c2=O)cc1. The van der Waals surface area contributed by atoms with Gasteiger partial charge in [-0.05, 0) is 35.7 Å². The van der Waals surface area contributed by atoms with Crippen LogP contribution < -0.4 is 10.2 Å². The smallest absolute Gasteiger partial charge is 0.453 e. The van der Waals surface area contributed by atoms with Gasteiger partial charge >= 0.3 is 6.18 Å². The first-order chi connectivity index (χ1) is 12.2. The molecule has 7 heteroatoms. The molecule has 0 bridgehead atoms. The van der Waals surface area contributed by atoms with E-state index in [2.05, 4.69) is 0 Å². The highest BCUT2D eigenvalue weighted by molar-refractivity contribution is 5.79. The summed E-state index contributed by atoms with van der Waals surface area (Å²) >= 11 is 0. The number of phenols is 1. The fraction of sp³-hybridized carbons (Fsp3) is 0.211. The number of fused-ring (bicyclic) bond motifs is 1. The standard InChI is InChI=1S/C19H15F3O4/c1-10(2)11-3-6-13(7-4-11)25-17-16(24)14-8-5-12(23)9-15(14)26-18(17)19(20,21)22/h3-10,23H,1-2H3. The Bertz CT molecular complexity index is 1000. The number of alkyl halides is 3. The third-order valence-corrected chi connectivity index (χ3v) is 3.86.